The van der Waals surface area contributed by atoms with Gasteiger partial charge in [0.25, 0.3) is 0 Å². The summed E-state index contributed by atoms with van der Waals surface area (Å²) in [6.45, 7) is 4.13. The molecule has 1 aliphatic heterocycles. The number of carbonyl (C=O) groups excluding carboxylic acids is 3. The normalized spacial score (nSPS) is 17.5. The Morgan fingerprint density at radius 3 is 2.32 bits per heavy atom. The number of carbonyl (C=O) groups is 4. The Morgan fingerprint density at radius 2 is 1.73 bits per heavy atom. The first-order valence-electron chi connectivity index (χ1n) is 12.5. The Bertz CT molecular complexity index is 965. The van der Waals surface area contributed by atoms with Crippen molar-refractivity contribution in [3.05, 3.63) is 35.9 Å². The van der Waals surface area contributed by atoms with Gasteiger partial charge in [-0.1, -0.05) is 44.2 Å². The molecule has 204 valence electrons. The summed E-state index contributed by atoms with van der Waals surface area (Å²) in [5.74, 6) is -2.86. The van der Waals surface area contributed by atoms with E-state index in [-0.39, 0.29) is 31.3 Å². The zero-order valence-electron chi connectivity index (χ0n) is 21.4. The zero-order chi connectivity index (χ0) is 27.5. The number of carboxylic acids is 1. The molecule has 1 aliphatic rings. The molecule has 0 radical (unpaired) electrons. The summed E-state index contributed by atoms with van der Waals surface area (Å²) in [4.78, 5) is 56.4. The van der Waals surface area contributed by atoms with E-state index < -0.39 is 47.9 Å². The van der Waals surface area contributed by atoms with E-state index in [0.29, 0.717) is 25.8 Å². The molecule has 2 rings (SSSR count). The highest BCUT2D eigenvalue weighted by molar-refractivity contribution is 5.94. The number of nitrogens with zero attached hydrogens (tertiary/aromatic N) is 2. The van der Waals surface area contributed by atoms with Crippen molar-refractivity contribution in [1.29, 1.82) is 0 Å². The van der Waals surface area contributed by atoms with Crippen LogP contribution in [-0.2, 0) is 25.6 Å². The Kier molecular flexibility index (Phi) is 11.3. The molecule has 1 saturated heterocycles. The minimum absolute atomic E-state index is 0.0843. The topological polar surface area (TPSA) is 206 Å². The molecule has 0 bridgehead atoms. The van der Waals surface area contributed by atoms with E-state index in [1.165, 1.54) is 4.90 Å². The second kappa shape index (κ2) is 14.2. The van der Waals surface area contributed by atoms with Crippen molar-refractivity contribution < 1.29 is 24.3 Å². The molecule has 1 fully saturated rings. The first-order chi connectivity index (χ1) is 17.5. The van der Waals surface area contributed by atoms with Crippen LogP contribution in [0.25, 0.3) is 0 Å². The van der Waals surface area contributed by atoms with Crippen molar-refractivity contribution in [2.24, 2.45) is 28.1 Å². The van der Waals surface area contributed by atoms with Gasteiger partial charge in [-0.25, -0.2) is 4.79 Å². The van der Waals surface area contributed by atoms with Gasteiger partial charge in [0.1, 0.15) is 18.1 Å². The summed E-state index contributed by atoms with van der Waals surface area (Å²) in [7, 11) is 0. The number of aliphatic imine (C=N–C) groups is 1. The highest BCUT2D eigenvalue weighted by Crippen LogP contribution is 2.20. The molecule has 1 heterocycles. The smallest absolute Gasteiger partial charge is 0.326 e. The number of likely N-dealkylation sites (tertiary alicyclic amines) is 1. The summed E-state index contributed by atoms with van der Waals surface area (Å²) in [6.07, 6.45) is 1.66. The SMILES string of the molecule is CC(C)C(N)C(=O)NC(CCCN=C(N)N)C(=O)NC(Cc1ccccc1)C(=O)N1CCCC1C(=O)O. The maximum atomic E-state index is 13.5. The van der Waals surface area contributed by atoms with E-state index >= 15 is 0 Å². The third-order valence-corrected chi connectivity index (χ3v) is 6.32. The van der Waals surface area contributed by atoms with E-state index in [2.05, 4.69) is 15.6 Å². The maximum Gasteiger partial charge on any atom is 0.326 e. The Morgan fingerprint density at radius 1 is 1.08 bits per heavy atom. The molecule has 1 aromatic rings. The fourth-order valence-electron chi connectivity index (χ4n) is 4.15. The van der Waals surface area contributed by atoms with Crippen molar-refractivity contribution in [2.75, 3.05) is 13.1 Å². The van der Waals surface area contributed by atoms with Crippen LogP contribution >= 0.6 is 0 Å². The van der Waals surface area contributed by atoms with Gasteiger partial charge >= 0.3 is 5.97 Å². The van der Waals surface area contributed by atoms with E-state index in [4.69, 9.17) is 17.2 Å². The van der Waals surface area contributed by atoms with Crippen molar-refractivity contribution >= 4 is 29.7 Å². The maximum absolute atomic E-state index is 13.5. The number of guanidine groups is 1. The van der Waals surface area contributed by atoms with Gasteiger partial charge in [-0.3, -0.25) is 19.4 Å². The van der Waals surface area contributed by atoms with Gasteiger partial charge in [-0.15, -0.1) is 0 Å². The Labute approximate surface area is 217 Å². The summed E-state index contributed by atoms with van der Waals surface area (Å²) >= 11 is 0. The van der Waals surface area contributed by atoms with Gasteiger partial charge < -0.3 is 37.8 Å². The lowest BCUT2D eigenvalue weighted by atomic mass is 10.0. The lowest BCUT2D eigenvalue weighted by Gasteiger charge is -2.29. The summed E-state index contributed by atoms with van der Waals surface area (Å²) < 4.78 is 0. The molecule has 0 aromatic heterocycles. The molecule has 0 saturated carbocycles. The fourth-order valence-corrected chi connectivity index (χ4v) is 4.15. The van der Waals surface area contributed by atoms with Crippen molar-refractivity contribution in [3.8, 4) is 0 Å². The third kappa shape index (κ3) is 9.05. The monoisotopic (exact) mass is 517 g/mol. The van der Waals surface area contributed by atoms with E-state index in [0.717, 1.165) is 5.56 Å². The van der Waals surface area contributed by atoms with Gasteiger partial charge in [-0.05, 0) is 37.2 Å². The number of hydrogen-bond donors (Lipinski definition) is 6. The molecular weight excluding hydrogens is 478 g/mol. The molecular formula is C25H39N7O5. The Balaban J connectivity index is 2.25. The highest BCUT2D eigenvalue weighted by Gasteiger charge is 2.38. The first-order valence-corrected chi connectivity index (χ1v) is 12.5. The zero-order valence-corrected chi connectivity index (χ0v) is 21.4. The molecule has 12 nitrogen and oxygen atoms in total. The van der Waals surface area contributed by atoms with E-state index in [1.807, 2.05) is 30.3 Å². The number of rotatable bonds is 13. The minimum Gasteiger partial charge on any atom is -0.480 e. The van der Waals surface area contributed by atoms with Crippen molar-refractivity contribution in [3.63, 3.8) is 0 Å². The largest absolute Gasteiger partial charge is 0.480 e. The number of nitrogens with one attached hydrogen (secondary N) is 2. The van der Waals surface area contributed by atoms with Crippen LogP contribution in [0, 0.1) is 5.92 Å². The average Bonchev–Trinajstić information content (AvgIpc) is 3.35. The van der Waals surface area contributed by atoms with Gasteiger partial charge in [0.15, 0.2) is 5.96 Å². The number of benzene rings is 1. The van der Waals surface area contributed by atoms with Crippen LogP contribution in [0.1, 0.15) is 45.1 Å². The summed E-state index contributed by atoms with van der Waals surface area (Å²) in [5.41, 5.74) is 17.5. The molecule has 12 heteroatoms. The highest BCUT2D eigenvalue weighted by atomic mass is 16.4. The summed E-state index contributed by atoms with van der Waals surface area (Å²) in [5, 5.41) is 15.0. The number of carboxylic acid groups (broad SMARTS) is 1. The third-order valence-electron chi connectivity index (χ3n) is 6.32. The van der Waals surface area contributed by atoms with Crippen LogP contribution in [-0.4, -0.2) is 76.9 Å². The van der Waals surface area contributed by atoms with Crippen molar-refractivity contribution in [1.82, 2.24) is 15.5 Å². The lowest BCUT2D eigenvalue weighted by molar-refractivity contribution is -0.149. The van der Waals surface area contributed by atoms with Gasteiger partial charge in [0.2, 0.25) is 17.7 Å². The second-order valence-electron chi connectivity index (χ2n) is 9.56. The number of aliphatic carboxylic acids is 1. The predicted octanol–water partition coefficient (Wildman–Crippen LogP) is -0.689. The molecule has 4 atom stereocenters. The quantitative estimate of drug-likeness (QED) is 0.112. The van der Waals surface area contributed by atoms with Crippen molar-refractivity contribution in [2.45, 2.75) is 70.1 Å². The second-order valence-corrected chi connectivity index (χ2v) is 9.56. The molecule has 0 aliphatic carbocycles. The van der Waals surface area contributed by atoms with Crippen LogP contribution in [0.15, 0.2) is 35.3 Å². The first kappa shape index (κ1) is 29.6. The van der Waals surface area contributed by atoms with Gasteiger partial charge in [0, 0.05) is 19.5 Å². The number of hydrogen-bond acceptors (Lipinski definition) is 6. The fraction of sp³-hybridized carbons (Fsp3) is 0.560. The van der Waals surface area contributed by atoms with E-state index in [9.17, 15) is 24.3 Å². The van der Waals surface area contributed by atoms with Crippen LogP contribution < -0.4 is 27.8 Å². The molecule has 9 N–H and O–H groups in total. The lowest BCUT2D eigenvalue weighted by Crippen LogP contribution is -2.58. The van der Waals surface area contributed by atoms with E-state index in [1.54, 1.807) is 13.8 Å². The molecule has 37 heavy (non-hydrogen) atoms. The van der Waals surface area contributed by atoms with Crippen LogP contribution in [0.3, 0.4) is 0 Å². The van der Waals surface area contributed by atoms with Crippen LogP contribution in [0.5, 0.6) is 0 Å². The number of nitrogens with two attached hydrogens (primary N) is 3. The van der Waals surface area contributed by atoms with Crippen LogP contribution in [0.4, 0.5) is 0 Å². The van der Waals surface area contributed by atoms with Crippen LogP contribution in [0.2, 0.25) is 0 Å². The predicted molar refractivity (Wildman–Crippen MR) is 139 cm³/mol. The molecule has 3 amide bonds. The van der Waals surface area contributed by atoms with Gasteiger partial charge in [0.05, 0.1) is 6.04 Å². The minimum atomic E-state index is -1.08. The molecule has 0 spiro atoms. The molecule has 4 unspecified atom stereocenters. The van der Waals surface area contributed by atoms with Gasteiger partial charge in [-0.2, -0.15) is 0 Å². The number of amides is 3. The average molecular weight is 518 g/mol. The Hall–Kier alpha value is -3.67. The standard InChI is InChI=1S/C25H39N7O5/c1-15(2)20(26)22(34)30-17(10-6-12-29-25(27)28)21(33)31-18(14-16-8-4-3-5-9-16)23(35)32-13-7-11-19(32)24(36)37/h3-5,8-9,15,17-20H,6-7,10-14,26H2,1-2H3,(H,30,34)(H,31,33)(H,36,37)(H4,27,28,29). The molecule has 1 aromatic carbocycles. The summed E-state index contributed by atoms with van der Waals surface area (Å²) in [6, 6.07) is 5.32.